The Morgan fingerprint density at radius 1 is 1.38 bits per heavy atom. The molecular formula is C13H18BrNO. The lowest BCUT2D eigenvalue weighted by atomic mass is 10.1. The van der Waals surface area contributed by atoms with Crippen LogP contribution in [0.4, 0.5) is 0 Å². The van der Waals surface area contributed by atoms with Crippen molar-refractivity contribution >= 4 is 15.9 Å². The monoisotopic (exact) mass is 283 g/mol. The molecule has 16 heavy (non-hydrogen) atoms. The Hall–Kier alpha value is -0.380. The van der Waals surface area contributed by atoms with Gasteiger partial charge in [-0.2, -0.15) is 0 Å². The fourth-order valence-electron chi connectivity index (χ4n) is 1.97. The largest absolute Gasteiger partial charge is 0.378 e. The SMILES string of the molecule is Cc1ccc(CN2CCOCC2CBr)cc1. The Balaban J connectivity index is 1.99. The molecule has 2 nitrogen and oxygen atoms in total. The summed E-state index contributed by atoms with van der Waals surface area (Å²) in [4.78, 5) is 2.49. The lowest BCUT2D eigenvalue weighted by Crippen LogP contribution is -2.45. The smallest absolute Gasteiger partial charge is 0.0630 e. The topological polar surface area (TPSA) is 12.5 Å². The average molecular weight is 284 g/mol. The van der Waals surface area contributed by atoms with Crippen molar-refractivity contribution < 1.29 is 4.74 Å². The zero-order valence-electron chi connectivity index (χ0n) is 9.66. The first-order valence-corrected chi connectivity index (χ1v) is 6.85. The number of rotatable bonds is 3. The van der Waals surface area contributed by atoms with Crippen LogP contribution in [0.15, 0.2) is 24.3 Å². The molecule has 0 aromatic heterocycles. The van der Waals surface area contributed by atoms with Crippen LogP contribution in [0.2, 0.25) is 0 Å². The van der Waals surface area contributed by atoms with Crippen LogP contribution < -0.4 is 0 Å². The molecule has 0 spiro atoms. The molecule has 0 amide bonds. The number of aryl methyl sites for hydroxylation is 1. The highest BCUT2D eigenvalue weighted by atomic mass is 79.9. The molecule has 1 heterocycles. The van der Waals surface area contributed by atoms with Gasteiger partial charge in [0.1, 0.15) is 0 Å². The summed E-state index contributed by atoms with van der Waals surface area (Å²) < 4.78 is 5.49. The van der Waals surface area contributed by atoms with E-state index in [-0.39, 0.29) is 0 Å². The highest BCUT2D eigenvalue weighted by molar-refractivity contribution is 9.09. The lowest BCUT2D eigenvalue weighted by Gasteiger charge is -2.34. The Morgan fingerprint density at radius 2 is 2.12 bits per heavy atom. The molecule has 1 aliphatic rings. The van der Waals surface area contributed by atoms with E-state index in [1.165, 1.54) is 11.1 Å². The highest BCUT2D eigenvalue weighted by Gasteiger charge is 2.21. The molecule has 1 aromatic rings. The quantitative estimate of drug-likeness (QED) is 0.791. The maximum absolute atomic E-state index is 5.49. The Bertz CT molecular complexity index is 325. The second kappa shape index (κ2) is 5.80. The summed E-state index contributed by atoms with van der Waals surface area (Å²) in [5.74, 6) is 0. The number of nitrogens with zero attached hydrogens (tertiary/aromatic N) is 1. The predicted molar refractivity (Wildman–Crippen MR) is 70.0 cm³/mol. The maximum Gasteiger partial charge on any atom is 0.0630 e. The third-order valence-corrected chi connectivity index (χ3v) is 3.78. The van der Waals surface area contributed by atoms with E-state index in [0.717, 1.165) is 31.6 Å². The Kier molecular flexibility index (Phi) is 4.38. The first-order valence-electron chi connectivity index (χ1n) is 5.73. The van der Waals surface area contributed by atoms with Crippen LogP contribution >= 0.6 is 15.9 Å². The van der Waals surface area contributed by atoms with Gasteiger partial charge in [-0.25, -0.2) is 0 Å². The number of alkyl halides is 1. The number of ether oxygens (including phenoxy) is 1. The summed E-state index contributed by atoms with van der Waals surface area (Å²) in [5.41, 5.74) is 2.71. The first-order chi connectivity index (χ1) is 7.79. The average Bonchev–Trinajstić information content (AvgIpc) is 2.33. The number of halogens is 1. The Morgan fingerprint density at radius 3 is 2.81 bits per heavy atom. The fraction of sp³-hybridized carbons (Fsp3) is 0.538. The van der Waals surface area contributed by atoms with Crippen LogP contribution in [-0.4, -0.2) is 36.0 Å². The number of benzene rings is 1. The third kappa shape index (κ3) is 3.06. The van der Waals surface area contributed by atoms with Crippen molar-refractivity contribution in [2.75, 3.05) is 25.1 Å². The van der Waals surface area contributed by atoms with Crippen molar-refractivity contribution in [3.05, 3.63) is 35.4 Å². The van der Waals surface area contributed by atoms with Gasteiger partial charge in [-0.1, -0.05) is 45.8 Å². The molecule has 0 bridgehead atoms. The van der Waals surface area contributed by atoms with E-state index in [9.17, 15) is 0 Å². The van der Waals surface area contributed by atoms with E-state index in [1.54, 1.807) is 0 Å². The summed E-state index contributed by atoms with van der Waals surface area (Å²) in [7, 11) is 0. The van der Waals surface area contributed by atoms with E-state index in [1.807, 2.05) is 0 Å². The van der Waals surface area contributed by atoms with Gasteiger partial charge in [-0.3, -0.25) is 4.90 Å². The second-order valence-corrected chi connectivity index (χ2v) is 4.99. The normalized spacial score (nSPS) is 22.2. The molecule has 0 saturated carbocycles. The van der Waals surface area contributed by atoms with Crippen molar-refractivity contribution in [3.63, 3.8) is 0 Å². The molecule has 1 aromatic carbocycles. The molecule has 1 unspecified atom stereocenters. The summed E-state index contributed by atoms with van der Waals surface area (Å²) in [5, 5.41) is 0.985. The minimum atomic E-state index is 0.509. The van der Waals surface area contributed by atoms with Crippen molar-refractivity contribution in [2.45, 2.75) is 19.5 Å². The summed E-state index contributed by atoms with van der Waals surface area (Å²) in [6.07, 6.45) is 0. The molecule has 1 aliphatic heterocycles. The van der Waals surface area contributed by atoms with Gasteiger partial charge in [-0.05, 0) is 12.5 Å². The van der Waals surface area contributed by atoms with Gasteiger partial charge in [0.2, 0.25) is 0 Å². The second-order valence-electron chi connectivity index (χ2n) is 4.34. The van der Waals surface area contributed by atoms with E-state index < -0.39 is 0 Å². The molecule has 0 N–H and O–H groups in total. The van der Waals surface area contributed by atoms with Crippen LogP contribution in [0.1, 0.15) is 11.1 Å². The van der Waals surface area contributed by atoms with Crippen LogP contribution in [-0.2, 0) is 11.3 Å². The minimum Gasteiger partial charge on any atom is -0.378 e. The van der Waals surface area contributed by atoms with Gasteiger partial charge in [-0.15, -0.1) is 0 Å². The van der Waals surface area contributed by atoms with E-state index in [4.69, 9.17) is 4.74 Å². The summed E-state index contributed by atoms with van der Waals surface area (Å²) in [6, 6.07) is 9.30. The van der Waals surface area contributed by atoms with E-state index in [0.29, 0.717) is 6.04 Å². The zero-order valence-corrected chi connectivity index (χ0v) is 11.2. The first kappa shape index (κ1) is 12.1. The Labute approximate surface area is 106 Å². The molecule has 0 aliphatic carbocycles. The summed E-state index contributed by atoms with van der Waals surface area (Å²) in [6.45, 7) is 5.89. The van der Waals surface area contributed by atoms with Crippen molar-refractivity contribution in [1.29, 1.82) is 0 Å². The minimum absolute atomic E-state index is 0.509. The highest BCUT2D eigenvalue weighted by Crippen LogP contribution is 2.14. The maximum atomic E-state index is 5.49. The predicted octanol–water partition coefficient (Wildman–Crippen LogP) is 2.59. The standard InChI is InChI=1S/C13H18BrNO/c1-11-2-4-12(5-3-11)9-15-6-7-16-10-13(15)8-14/h2-5,13H,6-10H2,1H3. The molecule has 1 atom stereocenters. The van der Waals surface area contributed by atoms with Gasteiger partial charge in [0.05, 0.1) is 13.2 Å². The van der Waals surface area contributed by atoms with Gasteiger partial charge in [0, 0.05) is 24.5 Å². The summed E-state index contributed by atoms with van der Waals surface area (Å²) >= 11 is 3.55. The molecule has 0 radical (unpaired) electrons. The molecule has 3 heteroatoms. The fourth-order valence-corrected chi connectivity index (χ4v) is 2.56. The number of morpholine rings is 1. The van der Waals surface area contributed by atoms with Crippen LogP contribution in [0.25, 0.3) is 0 Å². The van der Waals surface area contributed by atoms with Gasteiger partial charge < -0.3 is 4.74 Å². The van der Waals surface area contributed by atoms with Crippen LogP contribution in [0.3, 0.4) is 0 Å². The third-order valence-electron chi connectivity index (χ3n) is 3.03. The molecule has 1 fully saturated rings. The van der Waals surface area contributed by atoms with Gasteiger partial charge >= 0.3 is 0 Å². The molecular weight excluding hydrogens is 266 g/mol. The molecule has 2 rings (SSSR count). The zero-order chi connectivity index (χ0) is 11.4. The van der Waals surface area contributed by atoms with E-state index in [2.05, 4.69) is 52.0 Å². The van der Waals surface area contributed by atoms with Gasteiger partial charge in [0.15, 0.2) is 0 Å². The van der Waals surface area contributed by atoms with Gasteiger partial charge in [0.25, 0.3) is 0 Å². The number of hydrogen-bond donors (Lipinski definition) is 0. The van der Waals surface area contributed by atoms with Crippen molar-refractivity contribution in [1.82, 2.24) is 4.90 Å². The van der Waals surface area contributed by atoms with Crippen molar-refractivity contribution in [3.8, 4) is 0 Å². The lowest BCUT2D eigenvalue weighted by molar-refractivity contribution is -0.00212. The number of hydrogen-bond acceptors (Lipinski definition) is 2. The van der Waals surface area contributed by atoms with E-state index >= 15 is 0 Å². The molecule has 1 saturated heterocycles. The van der Waals surface area contributed by atoms with Crippen LogP contribution in [0, 0.1) is 6.92 Å². The van der Waals surface area contributed by atoms with Crippen molar-refractivity contribution in [2.24, 2.45) is 0 Å². The molecule has 88 valence electrons. The van der Waals surface area contributed by atoms with Crippen LogP contribution in [0.5, 0.6) is 0 Å².